The third-order valence-electron chi connectivity index (χ3n) is 3.93. The van der Waals surface area contributed by atoms with Crippen LogP contribution in [0.25, 0.3) is 10.1 Å². The molecule has 1 atom stereocenters. The molecule has 0 radical (unpaired) electrons. The van der Waals surface area contributed by atoms with Crippen LogP contribution < -0.4 is 10.6 Å². The van der Waals surface area contributed by atoms with Gasteiger partial charge in [0.1, 0.15) is 5.82 Å². The average Bonchev–Trinajstić information content (AvgIpc) is 3.14. The molecule has 2 heterocycles. The summed E-state index contributed by atoms with van der Waals surface area (Å²) in [6, 6.07) is 5.24. The Labute approximate surface area is 132 Å². The van der Waals surface area contributed by atoms with E-state index in [1.807, 2.05) is 6.07 Å². The van der Waals surface area contributed by atoms with Gasteiger partial charge in [-0.1, -0.05) is 6.07 Å². The fourth-order valence-corrected chi connectivity index (χ4v) is 4.00. The lowest BCUT2D eigenvalue weighted by Gasteiger charge is -2.11. The molecule has 1 fully saturated rings. The Morgan fingerprint density at radius 2 is 2.41 bits per heavy atom. The minimum Gasteiger partial charge on any atom is -0.380 e. The number of benzene rings is 1. The number of hydrogen-bond acceptors (Lipinski definition) is 4. The van der Waals surface area contributed by atoms with Crippen LogP contribution in [0.3, 0.4) is 0 Å². The van der Waals surface area contributed by atoms with Crippen LogP contribution in [0.15, 0.2) is 18.2 Å². The van der Waals surface area contributed by atoms with E-state index in [1.54, 1.807) is 13.2 Å². The van der Waals surface area contributed by atoms with Gasteiger partial charge in [0.25, 0.3) is 5.91 Å². The normalized spacial score (nSPS) is 18.0. The Bertz CT molecular complexity index is 680. The van der Waals surface area contributed by atoms with E-state index in [4.69, 9.17) is 4.74 Å². The first kappa shape index (κ1) is 15.4. The molecule has 1 saturated heterocycles. The van der Waals surface area contributed by atoms with Crippen molar-refractivity contribution in [2.24, 2.45) is 0 Å². The smallest absolute Gasteiger partial charge is 0.261 e. The number of thiophene rings is 1. The Morgan fingerprint density at radius 1 is 1.55 bits per heavy atom. The van der Waals surface area contributed by atoms with Crippen LogP contribution in [0.5, 0.6) is 0 Å². The predicted octanol–water partition coefficient (Wildman–Crippen LogP) is 2.67. The lowest BCUT2D eigenvalue weighted by molar-refractivity contribution is 0.0950. The lowest BCUT2D eigenvalue weighted by atomic mass is 10.1. The van der Waals surface area contributed by atoms with E-state index in [-0.39, 0.29) is 18.3 Å². The fourth-order valence-electron chi connectivity index (χ4n) is 2.86. The largest absolute Gasteiger partial charge is 0.380 e. The number of carbonyl (C=O) groups excluding carboxylic acids is 1. The van der Waals surface area contributed by atoms with Gasteiger partial charge >= 0.3 is 0 Å². The SMILES string of the molecule is COCc1c(C(=O)NCC2CCCN2)sc2cccc(F)c12. The summed E-state index contributed by atoms with van der Waals surface area (Å²) in [6.45, 7) is 1.83. The number of ether oxygens (including phenoxy) is 1. The van der Waals surface area contributed by atoms with Gasteiger partial charge < -0.3 is 15.4 Å². The highest BCUT2D eigenvalue weighted by molar-refractivity contribution is 7.21. The molecule has 0 bridgehead atoms. The van der Waals surface area contributed by atoms with Crippen LogP contribution >= 0.6 is 11.3 Å². The zero-order valence-corrected chi connectivity index (χ0v) is 13.3. The Morgan fingerprint density at radius 3 is 3.14 bits per heavy atom. The number of hydrogen-bond donors (Lipinski definition) is 2. The van der Waals surface area contributed by atoms with Gasteiger partial charge in [-0.15, -0.1) is 11.3 Å². The Kier molecular flexibility index (Phi) is 4.71. The second-order valence-corrected chi connectivity index (χ2v) is 6.51. The van der Waals surface area contributed by atoms with E-state index in [0.717, 1.165) is 24.1 Å². The van der Waals surface area contributed by atoms with Gasteiger partial charge in [0.15, 0.2) is 0 Å². The van der Waals surface area contributed by atoms with Crippen molar-refractivity contribution in [2.75, 3.05) is 20.2 Å². The topological polar surface area (TPSA) is 50.4 Å². The molecule has 1 aliphatic heterocycles. The maximum absolute atomic E-state index is 14.1. The van der Waals surface area contributed by atoms with Crippen LogP contribution in [0.4, 0.5) is 4.39 Å². The van der Waals surface area contributed by atoms with Crippen LogP contribution in [-0.4, -0.2) is 32.1 Å². The number of nitrogens with one attached hydrogen (secondary N) is 2. The summed E-state index contributed by atoms with van der Waals surface area (Å²) < 4.78 is 20.0. The van der Waals surface area contributed by atoms with Crippen molar-refractivity contribution in [3.63, 3.8) is 0 Å². The summed E-state index contributed by atoms with van der Waals surface area (Å²) in [6.07, 6.45) is 2.22. The average molecular weight is 322 g/mol. The molecule has 22 heavy (non-hydrogen) atoms. The van der Waals surface area contributed by atoms with E-state index < -0.39 is 0 Å². The van der Waals surface area contributed by atoms with E-state index in [1.165, 1.54) is 17.4 Å². The van der Waals surface area contributed by atoms with Gasteiger partial charge in [-0.2, -0.15) is 0 Å². The molecule has 118 valence electrons. The van der Waals surface area contributed by atoms with Crippen molar-refractivity contribution in [1.82, 2.24) is 10.6 Å². The van der Waals surface area contributed by atoms with Gasteiger partial charge in [0.2, 0.25) is 0 Å². The first-order valence-electron chi connectivity index (χ1n) is 7.41. The molecule has 1 aromatic carbocycles. The van der Waals surface area contributed by atoms with Gasteiger partial charge in [-0.05, 0) is 31.5 Å². The molecule has 2 N–H and O–H groups in total. The van der Waals surface area contributed by atoms with Gasteiger partial charge in [0.05, 0.1) is 11.5 Å². The highest BCUT2D eigenvalue weighted by atomic mass is 32.1. The van der Waals surface area contributed by atoms with Gasteiger partial charge in [-0.25, -0.2) is 4.39 Å². The molecule has 0 aliphatic carbocycles. The summed E-state index contributed by atoms with van der Waals surface area (Å²) in [4.78, 5) is 13.0. The standard InChI is InChI=1S/C16H19FN2O2S/c1-21-9-11-14-12(17)5-2-6-13(14)22-15(11)16(20)19-8-10-4-3-7-18-10/h2,5-6,10,18H,3-4,7-9H2,1H3,(H,19,20). The van der Waals surface area contributed by atoms with Crippen molar-refractivity contribution in [1.29, 1.82) is 0 Å². The third-order valence-corrected chi connectivity index (χ3v) is 5.13. The minimum atomic E-state index is -0.308. The van der Waals surface area contributed by atoms with Crippen molar-refractivity contribution in [3.8, 4) is 0 Å². The second kappa shape index (κ2) is 6.73. The number of fused-ring (bicyclic) bond motifs is 1. The van der Waals surface area contributed by atoms with Crippen LogP contribution in [0.1, 0.15) is 28.1 Å². The fraction of sp³-hybridized carbons (Fsp3) is 0.438. The summed E-state index contributed by atoms with van der Waals surface area (Å²) in [7, 11) is 1.55. The van der Waals surface area contributed by atoms with E-state index in [0.29, 0.717) is 28.4 Å². The van der Waals surface area contributed by atoms with E-state index in [9.17, 15) is 9.18 Å². The van der Waals surface area contributed by atoms with E-state index >= 15 is 0 Å². The van der Waals surface area contributed by atoms with Crippen molar-refractivity contribution < 1.29 is 13.9 Å². The number of halogens is 1. The summed E-state index contributed by atoms with van der Waals surface area (Å²) >= 11 is 1.32. The molecule has 4 nitrogen and oxygen atoms in total. The summed E-state index contributed by atoms with van der Waals surface area (Å²) in [5.74, 6) is -0.460. The molecule has 1 aromatic heterocycles. The molecule has 2 aromatic rings. The molecular weight excluding hydrogens is 303 g/mol. The maximum Gasteiger partial charge on any atom is 0.261 e. The van der Waals surface area contributed by atoms with Crippen molar-refractivity contribution in [2.45, 2.75) is 25.5 Å². The lowest BCUT2D eigenvalue weighted by Crippen LogP contribution is -2.37. The second-order valence-electron chi connectivity index (χ2n) is 5.46. The van der Waals surface area contributed by atoms with Crippen LogP contribution in [0, 0.1) is 5.82 Å². The summed E-state index contributed by atoms with van der Waals surface area (Å²) in [5.41, 5.74) is 0.637. The van der Waals surface area contributed by atoms with E-state index in [2.05, 4.69) is 10.6 Å². The Balaban J connectivity index is 1.86. The molecule has 0 spiro atoms. The van der Waals surface area contributed by atoms with Crippen LogP contribution in [-0.2, 0) is 11.3 Å². The quantitative estimate of drug-likeness (QED) is 0.890. The highest BCUT2D eigenvalue weighted by Crippen LogP contribution is 2.33. The van der Waals surface area contributed by atoms with Gasteiger partial charge in [-0.3, -0.25) is 4.79 Å². The zero-order valence-electron chi connectivity index (χ0n) is 12.4. The monoisotopic (exact) mass is 322 g/mol. The zero-order chi connectivity index (χ0) is 15.5. The highest BCUT2D eigenvalue weighted by Gasteiger charge is 2.22. The minimum absolute atomic E-state index is 0.152. The number of amides is 1. The Hall–Kier alpha value is -1.50. The number of carbonyl (C=O) groups is 1. The first-order valence-corrected chi connectivity index (χ1v) is 8.22. The molecule has 3 rings (SSSR count). The molecular formula is C16H19FN2O2S. The molecule has 0 saturated carbocycles. The van der Waals surface area contributed by atoms with Crippen molar-refractivity contribution in [3.05, 3.63) is 34.5 Å². The molecule has 1 aliphatic rings. The van der Waals surface area contributed by atoms with Crippen molar-refractivity contribution >= 4 is 27.3 Å². The molecule has 1 unspecified atom stereocenters. The first-order chi connectivity index (χ1) is 10.7. The van der Waals surface area contributed by atoms with Crippen LogP contribution in [0.2, 0.25) is 0 Å². The number of methoxy groups -OCH3 is 1. The third kappa shape index (κ3) is 2.99. The summed E-state index contributed by atoms with van der Waals surface area (Å²) in [5, 5.41) is 6.79. The molecule has 6 heteroatoms. The van der Waals surface area contributed by atoms with Gasteiger partial charge in [0, 0.05) is 35.3 Å². The maximum atomic E-state index is 14.1. The number of rotatable bonds is 5. The predicted molar refractivity (Wildman–Crippen MR) is 85.9 cm³/mol. The molecule has 1 amide bonds.